The number of aromatic nitrogens is 3. The van der Waals surface area contributed by atoms with Crippen LogP contribution in [0.5, 0.6) is 0 Å². The Morgan fingerprint density at radius 2 is 2.31 bits per heavy atom. The Morgan fingerprint density at radius 3 is 3.08 bits per heavy atom. The number of nitrogen functional groups attached to an aromatic ring is 1. The summed E-state index contributed by atoms with van der Waals surface area (Å²) in [5, 5.41) is 0. The maximum Gasteiger partial charge on any atom is 0.151 e. The molecule has 0 aliphatic carbocycles. The van der Waals surface area contributed by atoms with Gasteiger partial charge in [0.15, 0.2) is 5.82 Å². The summed E-state index contributed by atoms with van der Waals surface area (Å²) in [7, 11) is 0. The molecule has 0 spiro atoms. The van der Waals surface area contributed by atoms with Crippen LogP contribution in [0, 0.1) is 11.8 Å². The molecule has 64 valence electrons. The molecule has 0 aliphatic heterocycles. The van der Waals surface area contributed by atoms with Gasteiger partial charge in [0, 0.05) is 6.20 Å². The predicted octanol–water partition coefficient (Wildman–Crippen LogP) is 0.911. The number of H-pyrrole nitrogens is 1. The smallest absolute Gasteiger partial charge is 0.151 e. The first-order valence-electron chi connectivity index (χ1n) is 3.83. The summed E-state index contributed by atoms with van der Waals surface area (Å²) < 4.78 is 0. The van der Waals surface area contributed by atoms with E-state index >= 15 is 0 Å². The van der Waals surface area contributed by atoms with Crippen molar-refractivity contribution in [1.82, 2.24) is 15.0 Å². The molecule has 2 rings (SSSR count). The van der Waals surface area contributed by atoms with E-state index in [1.807, 2.05) is 0 Å². The summed E-state index contributed by atoms with van der Waals surface area (Å²) in [4.78, 5) is 11.0. The Hall–Kier alpha value is -2.02. The number of rotatable bonds is 0. The van der Waals surface area contributed by atoms with Gasteiger partial charge in [0.25, 0.3) is 0 Å². The lowest BCUT2D eigenvalue weighted by Crippen LogP contribution is -1.92. The second-order valence-corrected chi connectivity index (χ2v) is 2.56. The standard InChI is InChI=1S/C9H8N4/c1-2-3-6-4-11-8-7(6)12-5-13-9(8)10/h4-5,11H,1H3,(H2,10,12,13). The first-order chi connectivity index (χ1) is 6.33. The Morgan fingerprint density at radius 1 is 1.46 bits per heavy atom. The van der Waals surface area contributed by atoms with E-state index in [2.05, 4.69) is 26.8 Å². The fraction of sp³-hybridized carbons (Fsp3) is 0.111. The summed E-state index contributed by atoms with van der Waals surface area (Å²) in [5.74, 6) is 6.19. The van der Waals surface area contributed by atoms with Crippen molar-refractivity contribution in [2.75, 3.05) is 5.73 Å². The Kier molecular flexibility index (Phi) is 1.64. The Labute approximate surface area is 75.2 Å². The molecule has 4 heteroatoms. The number of nitrogens with zero attached hydrogens (tertiary/aromatic N) is 2. The van der Waals surface area contributed by atoms with Gasteiger partial charge in [0.2, 0.25) is 0 Å². The van der Waals surface area contributed by atoms with Gasteiger partial charge in [-0.3, -0.25) is 0 Å². The molecule has 0 aromatic carbocycles. The first-order valence-corrected chi connectivity index (χ1v) is 3.83. The fourth-order valence-corrected chi connectivity index (χ4v) is 1.19. The third kappa shape index (κ3) is 1.11. The van der Waals surface area contributed by atoms with Crippen LogP contribution in [-0.2, 0) is 0 Å². The van der Waals surface area contributed by atoms with Crippen molar-refractivity contribution in [1.29, 1.82) is 0 Å². The molecule has 0 atom stereocenters. The van der Waals surface area contributed by atoms with Crippen molar-refractivity contribution in [3.8, 4) is 11.8 Å². The molecule has 2 heterocycles. The SMILES string of the molecule is CC#Cc1c[nH]c2c(N)ncnc12. The number of hydrogen-bond acceptors (Lipinski definition) is 3. The molecular weight excluding hydrogens is 164 g/mol. The van der Waals surface area contributed by atoms with Gasteiger partial charge in [-0.15, -0.1) is 5.92 Å². The van der Waals surface area contributed by atoms with E-state index in [0.717, 1.165) is 16.6 Å². The van der Waals surface area contributed by atoms with Crippen LogP contribution < -0.4 is 5.73 Å². The van der Waals surface area contributed by atoms with Gasteiger partial charge in [0.05, 0.1) is 5.56 Å². The zero-order chi connectivity index (χ0) is 9.26. The Balaban J connectivity index is 2.80. The molecule has 0 radical (unpaired) electrons. The molecule has 3 N–H and O–H groups in total. The van der Waals surface area contributed by atoms with E-state index in [1.54, 1.807) is 13.1 Å². The van der Waals surface area contributed by atoms with E-state index in [0.29, 0.717) is 5.82 Å². The van der Waals surface area contributed by atoms with Crippen molar-refractivity contribution < 1.29 is 0 Å². The molecule has 0 saturated carbocycles. The third-order valence-corrected chi connectivity index (χ3v) is 1.75. The molecule has 0 amide bonds. The van der Waals surface area contributed by atoms with E-state index in [1.165, 1.54) is 6.33 Å². The van der Waals surface area contributed by atoms with Gasteiger partial charge >= 0.3 is 0 Å². The predicted molar refractivity (Wildman–Crippen MR) is 50.9 cm³/mol. The Bertz CT molecular complexity index is 501. The number of nitrogens with one attached hydrogen (secondary N) is 1. The second-order valence-electron chi connectivity index (χ2n) is 2.56. The lowest BCUT2D eigenvalue weighted by atomic mass is 10.3. The fourth-order valence-electron chi connectivity index (χ4n) is 1.19. The molecule has 4 nitrogen and oxygen atoms in total. The first kappa shape index (κ1) is 7.62. The number of nitrogens with two attached hydrogens (primary N) is 1. The largest absolute Gasteiger partial charge is 0.382 e. The minimum absolute atomic E-state index is 0.453. The highest BCUT2D eigenvalue weighted by atomic mass is 14.9. The van der Waals surface area contributed by atoms with Gasteiger partial charge in [-0.2, -0.15) is 0 Å². The average Bonchev–Trinajstić information content (AvgIpc) is 2.51. The van der Waals surface area contributed by atoms with E-state index in [4.69, 9.17) is 5.73 Å². The van der Waals surface area contributed by atoms with Gasteiger partial charge in [-0.05, 0) is 6.92 Å². The highest BCUT2D eigenvalue weighted by Gasteiger charge is 2.05. The summed E-state index contributed by atoms with van der Waals surface area (Å²) in [6.45, 7) is 1.78. The number of anilines is 1. The van der Waals surface area contributed by atoms with Gasteiger partial charge in [-0.25, -0.2) is 9.97 Å². The van der Waals surface area contributed by atoms with Crippen LogP contribution >= 0.6 is 0 Å². The van der Waals surface area contributed by atoms with Crippen molar-refractivity contribution >= 4 is 16.9 Å². The van der Waals surface area contributed by atoms with Crippen LogP contribution in [0.4, 0.5) is 5.82 Å². The summed E-state index contributed by atoms with van der Waals surface area (Å²) in [6, 6.07) is 0. The normalized spacial score (nSPS) is 9.62. The van der Waals surface area contributed by atoms with Crippen molar-refractivity contribution in [2.45, 2.75) is 6.92 Å². The van der Waals surface area contributed by atoms with Crippen molar-refractivity contribution in [3.05, 3.63) is 18.1 Å². The minimum Gasteiger partial charge on any atom is -0.382 e. The van der Waals surface area contributed by atoms with Crippen molar-refractivity contribution in [3.63, 3.8) is 0 Å². The molecule has 2 aromatic heterocycles. The molecule has 0 unspecified atom stereocenters. The number of fused-ring (bicyclic) bond motifs is 1. The lowest BCUT2D eigenvalue weighted by Gasteiger charge is -1.92. The monoisotopic (exact) mass is 172 g/mol. The van der Waals surface area contributed by atoms with Crippen LogP contribution in [0.3, 0.4) is 0 Å². The minimum atomic E-state index is 0.453. The molecule has 0 saturated heterocycles. The zero-order valence-corrected chi connectivity index (χ0v) is 7.13. The van der Waals surface area contributed by atoms with E-state index in [-0.39, 0.29) is 0 Å². The topological polar surface area (TPSA) is 67.6 Å². The maximum absolute atomic E-state index is 5.64. The van der Waals surface area contributed by atoms with Crippen LogP contribution in [0.15, 0.2) is 12.5 Å². The van der Waals surface area contributed by atoms with Crippen LogP contribution in [0.1, 0.15) is 12.5 Å². The van der Waals surface area contributed by atoms with Gasteiger partial charge in [-0.1, -0.05) is 5.92 Å². The summed E-state index contributed by atoms with van der Waals surface area (Å²) >= 11 is 0. The van der Waals surface area contributed by atoms with Gasteiger partial charge < -0.3 is 10.7 Å². The maximum atomic E-state index is 5.64. The third-order valence-electron chi connectivity index (χ3n) is 1.75. The van der Waals surface area contributed by atoms with Crippen LogP contribution in [0.25, 0.3) is 11.0 Å². The number of aromatic amines is 1. The number of hydrogen-bond donors (Lipinski definition) is 2. The second kappa shape index (κ2) is 2.79. The average molecular weight is 172 g/mol. The van der Waals surface area contributed by atoms with E-state index in [9.17, 15) is 0 Å². The van der Waals surface area contributed by atoms with E-state index < -0.39 is 0 Å². The quantitative estimate of drug-likeness (QED) is 0.580. The summed E-state index contributed by atoms with van der Waals surface area (Å²) in [6.07, 6.45) is 3.22. The molecule has 0 fully saturated rings. The van der Waals surface area contributed by atoms with Gasteiger partial charge in [0.1, 0.15) is 17.4 Å². The lowest BCUT2D eigenvalue weighted by molar-refractivity contribution is 1.22. The van der Waals surface area contributed by atoms with Crippen LogP contribution in [0.2, 0.25) is 0 Å². The highest BCUT2D eigenvalue weighted by Crippen LogP contribution is 2.17. The van der Waals surface area contributed by atoms with Crippen LogP contribution in [-0.4, -0.2) is 15.0 Å². The zero-order valence-electron chi connectivity index (χ0n) is 7.13. The molecule has 2 aromatic rings. The summed E-state index contributed by atoms with van der Waals surface area (Å²) in [5.41, 5.74) is 8.02. The van der Waals surface area contributed by atoms with Crippen molar-refractivity contribution in [2.24, 2.45) is 0 Å². The highest BCUT2D eigenvalue weighted by molar-refractivity contribution is 5.88. The molecule has 0 bridgehead atoms. The molecular formula is C9H8N4. The molecule has 0 aliphatic rings. The molecule has 13 heavy (non-hydrogen) atoms.